The molecule has 0 aliphatic carbocycles. The predicted molar refractivity (Wildman–Crippen MR) is 73.8 cm³/mol. The Morgan fingerprint density at radius 1 is 1.60 bits per heavy atom. The minimum atomic E-state index is -0.877. The minimum absolute atomic E-state index is 0.221. The van der Waals surface area contributed by atoms with Crippen molar-refractivity contribution in [3.05, 3.63) is 29.0 Å². The first-order valence-corrected chi connectivity index (χ1v) is 6.91. The molecule has 0 saturated carbocycles. The number of likely N-dealkylation sites (tertiary alicyclic amines) is 1. The number of amides is 1. The van der Waals surface area contributed by atoms with Gasteiger partial charge < -0.3 is 14.7 Å². The molecule has 1 fully saturated rings. The minimum Gasteiger partial charge on any atom is -0.492 e. The van der Waals surface area contributed by atoms with Crippen molar-refractivity contribution in [1.82, 2.24) is 4.90 Å². The lowest BCUT2D eigenvalue weighted by molar-refractivity contribution is 0.0820. The van der Waals surface area contributed by atoms with Gasteiger partial charge in [0.05, 0.1) is 11.6 Å². The third-order valence-corrected chi connectivity index (χ3v) is 4.00. The number of nitrogens with zero attached hydrogens (tertiary/aromatic N) is 1. The van der Waals surface area contributed by atoms with Gasteiger partial charge in [-0.1, -0.05) is 18.5 Å². The molecule has 1 aromatic carbocycles. The van der Waals surface area contributed by atoms with E-state index >= 15 is 0 Å². The van der Waals surface area contributed by atoms with Crippen LogP contribution in [0.2, 0.25) is 5.02 Å². The Balaban J connectivity index is 1.90. The Morgan fingerprint density at radius 3 is 2.95 bits per heavy atom. The highest BCUT2D eigenvalue weighted by Crippen LogP contribution is 2.28. The molecule has 6 heteroatoms. The Bertz CT molecular complexity index is 497. The zero-order chi connectivity index (χ0) is 14.7. The molecule has 20 heavy (non-hydrogen) atoms. The second-order valence-electron chi connectivity index (χ2n) is 5.14. The Kier molecular flexibility index (Phi) is 4.70. The number of hydrogen-bond acceptors (Lipinski definition) is 2. The van der Waals surface area contributed by atoms with Gasteiger partial charge in [-0.3, -0.25) is 0 Å². The summed E-state index contributed by atoms with van der Waals surface area (Å²) in [5.41, 5.74) is 0. The second-order valence-corrected chi connectivity index (χ2v) is 5.55. The summed E-state index contributed by atoms with van der Waals surface area (Å²) in [6.45, 7) is 3.50. The molecular formula is C14H17ClFNO3. The lowest BCUT2D eigenvalue weighted by Crippen LogP contribution is -2.43. The standard InChI is InChI=1S/C14H17ClFNO3/c1-9-7-17(14(18)19)5-4-10(9)8-20-13-3-2-11(16)6-12(13)15/h2-3,6,9-10H,4-5,7-8H2,1H3,(H,18,19). The maximum Gasteiger partial charge on any atom is 0.407 e. The van der Waals surface area contributed by atoms with Crippen LogP contribution >= 0.6 is 11.6 Å². The molecule has 1 aromatic rings. The highest BCUT2D eigenvalue weighted by Gasteiger charge is 2.29. The van der Waals surface area contributed by atoms with E-state index in [1.807, 2.05) is 6.92 Å². The van der Waals surface area contributed by atoms with Crippen molar-refractivity contribution in [2.24, 2.45) is 11.8 Å². The molecule has 110 valence electrons. The zero-order valence-electron chi connectivity index (χ0n) is 11.2. The van der Waals surface area contributed by atoms with Crippen LogP contribution in [-0.2, 0) is 0 Å². The summed E-state index contributed by atoms with van der Waals surface area (Å²) in [5.74, 6) is 0.553. The van der Waals surface area contributed by atoms with Crippen LogP contribution in [0.4, 0.5) is 9.18 Å². The molecule has 0 spiro atoms. The molecule has 0 aromatic heterocycles. The molecular weight excluding hydrogens is 285 g/mol. The van der Waals surface area contributed by atoms with E-state index in [0.29, 0.717) is 25.4 Å². The number of rotatable bonds is 3. The van der Waals surface area contributed by atoms with Crippen molar-refractivity contribution in [3.8, 4) is 5.75 Å². The smallest absolute Gasteiger partial charge is 0.407 e. The summed E-state index contributed by atoms with van der Waals surface area (Å²) in [6, 6.07) is 4.03. The van der Waals surface area contributed by atoms with Gasteiger partial charge in [0, 0.05) is 13.1 Å². The van der Waals surface area contributed by atoms with Crippen molar-refractivity contribution < 1.29 is 19.0 Å². The van der Waals surface area contributed by atoms with Gasteiger partial charge in [0.15, 0.2) is 0 Å². The number of carbonyl (C=O) groups is 1. The van der Waals surface area contributed by atoms with Crippen LogP contribution in [0.15, 0.2) is 18.2 Å². The average molecular weight is 302 g/mol. The summed E-state index contributed by atoms with van der Waals surface area (Å²) in [4.78, 5) is 12.3. The van der Waals surface area contributed by atoms with Crippen molar-refractivity contribution in [1.29, 1.82) is 0 Å². The van der Waals surface area contributed by atoms with E-state index in [9.17, 15) is 9.18 Å². The lowest BCUT2D eigenvalue weighted by atomic mass is 9.88. The van der Waals surface area contributed by atoms with Crippen LogP contribution in [0.1, 0.15) is 13.3 Å². The first-order valence-electron chi connectivity index (χ1n) is 6.53. The quantitative estimate of drug-likeness (QED) is 0.929. The average Bonchev–Trinajstić information content (AvgIpc) is 2.38. The van der Waals surface area contributed by atoms with Gasteiger partial charge in [-0.05, 0) is 36.5 Å². The molecule has 1 saturated heterocycles. The van der Waals surface area contributed by atoms with E-state index in [0.717, 1.165) is 6.42 Å². The molecule has 2 unspecified atom stereocenters. The molecule has 0 radical (unpaired) electrons. The number of benzene rings is 1. The summed E-state index contributed by atoms with van der Waals surface area (Å²) < 4.78 is 18.6. The molecule has 1 N–H and O–H groups in total. The van der Waals surface area contributed by atoms with Crippen molar-refractivity contribution >= 4 is 17.7 Å². The zero-order valence-corrected chi connectivity index (χ0v) is 11.9. The first kappa shape index (κ1) is 14.9. The van der Waals surface area contributed by atoms with Gasteiger partial charge in [-0.15, -0.1) is 0 Å². The molecule has 1 heterocycles. The topological polar surface area (TPSA) is 49.8 Å². The van der Waals surface area contributed by atoms with Gasteiger partial charge in [0.1, 0.15) is 11.6 Å². The fourth-order valence-electron chi connectivity index (χ4n) is 2.40. The number of ether oxygens (including phenoxy) is 1. The Labute approximate surface area is 122 Å². The summed E-state index contributed by atoms with van der Waals surface area (Å²) in [5, 5.41) is 9.20. The predicted octanol–water partition coefficient (Wildman–Crippen LogP) is 3.49. The largest absolute Gasteiger partial charge is 0.492 e. The first-order chi connectivity index (χ1) is 9.47. The van der Waals surface area contributed by atoms with Gasteiger partial charge in [-0.25, -0.2) is 9.18 Å². The molecule has 2 rings (SSSR count). The van der Waals surface area contributed by atoms with Crippen LogP contribution in [0.25, 0.3) is 0 Å². The van der Waals surface area contributed by atoms with E-state index in [2.05, 4.69) is 0 Å². The summed E-state index contributed by atoms with van der Waals surface area (Å²) in [6.07, 6.45) is -0.121. The van der Waals surface area contributed by atoms with Gasteiger partial charge >= 0.3 is 6.09 Å². The van der Waals surface area contributed by atoms with Gasteiger partial charge in [0.25, 0.3) is 0 Å². The van der Waals surface area contributed by atoms with Crippen LogP contribution in [0.5, 0.6) is 5.75 Å². The fraction of sp³-hybridized carbons (Fsp3) is 0.500. The monoisotopic (exact) mass is 301 g/mol. The lowest BCUT2D eigenvalue weighted by Gasteiger charge is -2.35. The molecule has 0 bridgehead atoms. The highest BCUT2D eigenvalue weighted by atomic mass is 35.5. The Morgan fingerprint density at radius 2 is 2.35 bits per heavy atom. The van der Waals surface area contributed by atoms with E-state index in [4.69, 9.17) is 21.4 Å². The van der Waals surface area contributed by atoms with Crippen LogP contribution in [0, 0.1) is 17.7 Å². The molecule has 1 amide bonds. The van der Waals surface area contributed by atoms with E-state index in [-0.39, 0.29) is 16.9 Å². The van der Waals surface area contributed by atoms with Crippen molar-refractivity contribution in [2.75, 3.05) is 19.7 Å². The number of halogens is 2. The van der Waals surface area contributed by atoms with E-state index in [1.54, 1.807) is 0 Å². The van der Waals surface area contributed by atoms with Crippen LogP contribution < -0.4 is 4.74 Å². The number of hydrogen-bond donors (Lipinski definition) is 1. The van der Waals surface area contributed by atoms with Crippen molar-refractivity contribution in [3.63, 3.8) is 0 Å². The molecule has 1 aliphatic rings. The second kappa shape index (κ2) is 6.31. The maximum absolute atomic E-state index is 12.9. The maximum atomic E-state index is 12.9. The Hall–Kier alpha value is -1.49. The molecule has 1 aliphatic heterocycles. The van der Waals surface area contributed by atoms with Gasteiger partial charge in [0.2, 0.25) is 0 Å². The fourth-order valence-corrected chi connectivity index (χ4v) is 2.63. The number of piperidine rings is 1. The third-order valence-electron chi connectivity index (χ3n) is 3.70. The van der Waals surface area contributed by atoms with Gasteiger partial charge in [-0.2, -0.15) is 0 Å². The van der Waals surface area contributed by atoms with E-state index in [1.165, 1.54) is 23.1 Å². The third kappa shape index (κ3) is 3.54. The van der Waals surface area contributed by atoms with E-state index < -0.39 is 11.9 Å². The molecule has 2 atom stereocenters. The summed E-state index contributed by atoms with van der Waals surface area (Å²) >= 11 is 5.90. The SMILES string of the molecule is CC1CN(C(=O)O)CCC1COc1ccc(F)cc1Cl. The summed E-state index contributed by atoms with van der Waals surface area (Å²) in [7, 11) is 0. The van der Waals surface area contributed by atoms with Crippen LogP contribution in [0.3, 0.4) is 0 Å². The normalized spacial score (nSPS) is 22.6. The van der Waals surface area contributed by atoms with Crippen molar-refractivity contribution in [2.45, 2.75) is 13.3 Å². The van der Waals surface area contributed by atoms with Crippen LogP contribution in [-0.4, -0.2) is 35.8 Å². The number of carboxylic acid groups (broad SMARTS) is 1. The highest BCUT2D eigenvalue weighted by molar-refractivity contribution is 6.32. The molecule has 4 nitrogen and oxygen atoms in total.